The molecule has 2 nitrogen and oxygen atoms in total. The standard InChI is InChI=1S/C15H27BrO2/c1-14(15(17)18)12-10-8-6-4-2-3-5-7-9-11-13-16/h12H,2-11,13H2,1H3,(H,17,18)/b14-12+. The van der Waals surface area contributed by atoms with Gasteiger partial charge in [0, 0.05) is 10.9 Å². The Morgan fingerprint density at radius 1 is 0.944 bits per heavy atom. The molecule has 0 unspecified atom stereocenters. The van der Waals surface area contributed by atoms with Crippen LogP contribution in [-0.4, -0.2) is 16.4 Å². The monoisotopic (exact) mass is 318 g/mol. The molecule has 1 N–H and O–H groups in total. The summed E-state index contributed by atoms with van der Waals surface area (Å²) in [4.78, 5) is 10.5. The Morgan fingerprint density at radius 3 is 1.83 bits per heavy atom. The molecule has 0 aromatic carbocycles. The molecule has 0 aromatic heterocycles. The van der Waals surface area contributed by atoms with E-state index in [4.69, 9.17) is 5.11 Å². The van der Waals surface area contributed by atoms with Crippen LogP contribution >= 0.6 is 15.9 Å². The summed E-state index contributed by atoms with van der Waals surface area (Å²) in [6, 6.07) is 0. The Morgan fingerprint density at radius 2 is 1.39 bits per heavy atom. The number of carboxylic acids is 1. The van der Waals surface area contributed by atoms with Crippen molar-refractivity contribution in [3.8, 4) is 0 Å². The number of carbonyl (C=O) groups is 1. The first-order valence-electron chi connectivity index (χ1n) is 7.14. The van der Waals surface area contributed by atoms with Crippen LogP contribution in [0.25, 0.3) is 0 Å². The van der Waals surface area contributed by atoms with Crippen molar-refractivity contribution < 1.29 is 9.90 Å². The number of hydrogen-bond acceptors (Lipinski definition) is 1. The van der Waals surface area contributed by atoms with Crippen LogP contribution in [0.5, 0.6) is 0 Å². The fraction of sp³-hybridized carbons (Fsp3) is 0.800. The van der Waals surface area contributed by atoms with Crippen molar-refractivity contribution in [3.05, 3.63) is 11.6 Å². The number of allylic oxidation sites excluding steroid dienone is 1. The second-order valence-electron chi connectivity index (χ2n) is 4.85. The van der Waals surface area contributed by atoms with Gasteiger partial charge in [0.15, 0.2) is 0 Å². The number of carboxylic acid groups (broad SMARTS) is 1. The van der Waals surface area contributed by atoms with Gasteiger partial charge in [0.1, 0.15) is 0 Å². The van der Waals surface area contributed by atoms with Crippen molar-refractivity contribution in [2.24, 2.45) is 0 Å². The van der Waals surface area contributed by atoms with Gasteiger partial charge in [0.2, 0.25) is 0 Å². The fourth-order valence-electron chi connectivity index (χ4n) is 1.88. The summed E-state index contributed by atoms with van der Waals surface area (Å²) in [5, 5.41) is 9.81. The predicted molar refractivity (Wildman–Crippen MR) is 81.4 cm³/mol. The average Bonchev–Trinajstić information content (AvgIpc) is 2.35. The minimum Gasteiger partial charge on any atom is -0.478 e. The molecule has 3 heteroatoms. The van der Waals surface area contributed by atoms with Crippen LogP contribution in [0, 0.1) is 0 Å². The summed E-state index contributed by atoms with van der Waals surface area (Å²) < 4.78 is 0. The second-order valence-corrected chi connectivity index (χ2v) is 5.64. The highest BCUT2D eigenvalue weighted by Crippen LogP contribution is 2.11. The number of unbranched alkanes of at least 4 members (excludes halogenated alkanes) is 9. The van der Waals surface area contributed by atoms with Crippen LogP contribution < -0.4 is 0 Å². The Hall–Kier alpha value is -0.310. The summed E-state index contributed by atoms with van der Waals surface area (Å²) >= 11 is 3.45. The summed E-state index contributed by atoms with van der Waals surface area (Å²) in [5.74, 6) is -0.793. The molecule has 0 aliphatic carbocycles. The molecule has 106 valence electrons. The van der Waals surface area contributed by atoms with Gasteiger partial charge in [-0.05, 0) is 26.2 Å². The van der Waals surface area contributed by atoms with Gasteiger partial charge >= 0.3 is 5.97 Å². The van der Waals surface area contributed by atoms with Gasteiger partial charge in [-0.3, -0.25) is 0 Å². The van der Waals surface area contributed by atoms with Gasteiger partial charge in [-0.25, -0.2) is 4.79 Å². The van der Waals surface area contributed by atoms with E-state index in [1.807, 2.05) is 6.08 Å². The van der Waals surface area contributed by atoms with Gasteiger partial charge in [-0.1, -0.05) is 67.0 Å². The Labute approximate surface area is 120 Å². The molecule has 0 heterocycles. The first kappa shape index (κ1) is 17.7. The summed E-state index contributed by atoms with van der Waals surface area (Å²) in [6.07, 6.45) is 14.4. The smallest absolute Gasteiger partial charge is 0.330 e. The van der Waals surface area contributed by atoms with E-state index in [9.17, 15) is 4.79 Å². The van der Waals surface area contributed by atoms with E-state index in [2.05, 4.69) is 15.9 Å². The van der Waals surface area contributed by atoms with Crippen molar-refractivity contribution in [3.63, 3.8) is 0 Å². The Kier molecular flexibility index (Phi) is 12.9. The minimum atomic E-state index is -0.793. The van der Waals surface area contributed by atoms with E-state index < -0.39 is 5.97 Å². The van der Waals surface area contributed by atoms with Crippen molar-refractivity contribution in [1.29, 1.82) is 0 Å². The molecule has 0 spiro atoms. The topological polar surface area (TPSA) is 37.3 Å². The zero-order valence-corrected chi connectivity index (χ0v) is 13.2. The number of alkyl halides is 1. The van der Waals surface area contributed by atoms with E-state index in [-0.39, 0.29) is 0 Å². The van der Waals surface area contributed by atoms with Crippen molar-refractivity contribution in [2.45, 2.75) is 71.1 Å². The minimum absolute atomic E-state index is 0.474. The highest BCUT2D eigenvalue weighted by molar-refractivity contribution is 9.09. The van der Waals surface area contributed by atoms with Gasteiger partial charge in [-0.2, -0.15) is 0 Å². The highest BCUT2D eigenvalue weighted by atomic mass is 79.9. The first-order chi connectivity index (χ1) is 8.68. The maximum Gasteiger partial charge on any atom is 0.330 e. The van der Waals surface area contributed by atoms with Gasteiger partial charge in [0.05, 0.1) is 0 Å². The van der Waals surface area contributed by atoms with Crippen molar-refractivity contribution >= 4 is 21.9 Å². The SMILES string of the molecule is C/C(=C\CCCCCCCCCCCBr)C(=O)O. The van der Waals surface area contributed by atoms with Crippen LogP contribution in [0.1, 0.15) is 71.1 Å². The van der Waals surface area contributed by atoms with Crippen molar-refractivity contribution in [1.82, 2.24) is 0 Å². The Bertz CT molecular complexity index is 237. The molecule has 0 saturated carbocycles. The van der Waals surface area contributed by atoms with Gasteiger partial charge < -0.3 is 5.11 Å². The molecular weight excluding hydrogens is 292 g/mol. The fourth-order valence-corrected chi connectivity index (χ4v) is 2.28. The molecule has 0 radical (unpaired) electrons. The molecule has 0 fully saturated rings. The zero-order chi connectivity index (χ0) is 13.6. The molecule has 0 aromatic rings. The lowest BCUT2D eigenvalue weighted by atomic mass is 10.1. The summed E-state index contributed by atoms with van der Waals surface area (Å²) in [7, 11) is 0. The average molecular weight is 319 g/mol. The van der Waals surface area contributed by atoms with Crippen LogP contribution in [0.15, 0.2) is 11.6 Å². The number of hydrogen-bond donors (Lipinski definition) is 1. The van der Waals surface area contributed by atoms with E-state index in [0.29, 0.717) is 5.57 Å². The lowest BCUT2D eigenvalue weighted by molar-refractivity contribution is -0.132. The predicted octanol–water partition coefficient (Wildman–Crippen LogP) is 5.31. The van der Waals surface area contributed by atoms with E-state index in [1.54, 1.807) is 6.92 Å². The summed E-state index contributed by atoms with van der Waals surface area (Å²) in [6.45, 7) is 1.66. The molecule has 0 saturated heterocycles. The van der Waals surface area contributed by atoms with Crippen LogP contribution in [0.4, 0.5) is 0 Å². The van der Waals surface area contributed by atoms with Gasteiger partial charge in [0.25, 0.3) is 0 Å². The third kappa shape index (κ3) is 12.2. The first-order valence-corrected chi connectivity index (χ1v) is 8.26. The third-order valence-electron chi connectivity index (χ3n) is 3.13. The van der Waals surface area contributed by atoms with Crippen LogP contribution in [-0.2, 0) is 4.79 Å². The largest absolute Gasteiger partial charge is 0.478 e. The molecule has 0 aliphatic rings. The second kappa shape index (κ2) is 13.1. The quantitative estimate of drug-likeness (QED) is 0.300. The maximum absolute atomic E-state index is 10.5. The molecular formula is C15H27BrO2. The Balaban J connectivity index is 3.17. The lowest BCUT2D eigenvalue weighted by Crippen LogP contribution is -1.95. The highest BCUT2D eigenvalue weighted by Gasteiger charge is 1.97. The molecule has 0 amide bonds. The zero-order valence-electron chi connectivity index (χ0n) is 11.6. The number of rotatable bonds is 12. The number of aliphatic carboxylic acids is 1. The third-order valence-corrected chi connectivity index (χ3v) is 3.69. The van der Waals surface area contributed by atoms with E-state index in [0.717, 1.165) is 18.2 Å². The van der Waals surface area contributed by atoms with Gasteiger partial charge in [-0.15, -0.1) is 0 Å². The molecule has 0 rings (SSSR count). The van der Waals surface area contributed by atoms with Crippen molar-refractivity contribution in [2.75, 3.05) is 5.33 Å². The van der Waals surface area contributed by atoms with Crippen LogP contribution in [0.2, 0.25) is 0 Å². The molecule has 0 atom stereocenters. The normalized spacial score (nSPS) is 11.8. The lowest BCUT2D eigenvalue weighted by Gasteiger charge is -2.01. The van der Waals surface area contributed by atoms with E-state index in [1.165, 1.54) is 51.4 Å². The van der Waals surface area contributed by atoms with Crippen LogP contribution in [0.3, 0.4) is 0 Å². The molecule has 0 bridgehead atoms. The molecule has 0 aliphatic heterocycles. The summed E-state index contributed by atoms with van der Waals surface area (Å²) in [5.41, 5.74) is 0.474. The number of halogens is 1. The maximum atomic E-state index is 10.5. The van der Waals surface area contributed by atoms with E-state index >= 15 is 0 Å². The molecule has 18 heavy (non-hydrogen) atoms.